The molecule has 0 amide bonds. The van der Waals surface area contributed by atoms with E-state index in [2.05, 4.69) is 4.90 Å². The summed E-state index contributed by atoms with van der Waals surface area (Å²) in [5.74, 6) is 0. The van der Waals surface area contributed by atoms with Gasteiger partial charge in [0.1, 0.15) is 0 Å². The molecule has 13 heteroatoms. The van der Waals surface area contributed by atoms with Crippen molar-refractivity contribution in [2.24, 2.45) is 0 Å². The van der Waals surface area contributed by atoms with Gasteiger partial charge in [-0.25, -0.2) is 0 Å². The van der Waals surface area contributed by atoms with E-state index >= 15 is 0 Å². The number of anilines is 1. The van der Waals surface area contributed by atoms with Crippen molar-refractivity contribution in [3.05, 3.63) is 94.5 Å². The molecule has 1 aliphatic rings. The zero-order valence-corrected chi connectivity index (χ0v) is 22.1. The summed E-state index contributed by atoms with van der Waals surface area (Å²) in [6.07, 6.45) is 0. The molecule has 1 aliphatic heterocycles. The summed E-state index contributed by atoms with van der Waals surface area (Å²) in [7, 11) is 0. The highest BCUT2D eigenvalue weighted by Gasteiger charge is 2.19. The van der Waals surface area contributed by atoms with Gasteiger partial charge in [0.05, 0.1) is 44.8 Å². The Balaban J connectivity index is 0.000000187. The molecule has 0 spiro atoms. The Kier molecular flexibility index (Phi) is 8.27. The van der Waals surface area contributed by atoms with Crippen molar-refractivity contribution >= 4 is 50.5 Å². The first kappa shape index (κ1) is 27.7. The van der Waals surface area contributed by atoms with Crippen LogP contribution in [0.15, 0.2) is 58.1 Å². The van der Waals surface area contributed by atoms with Crippen LogP contribution in [0.4, 0.5) is 17.1 Å². The number of nitro benzene ring substituents is 2. The fourth-order valence-electron chi connectivity index (χ4n) is 4.63. The van der Waals surface area contributed by atoms with Crippen molar-refractivity contribution in [3.63, 3.8) is 0 Å². The summed E-state index contributed by atoms with van der Waals surface area (Å²) in [5, 5.41) is 23.2. The molecule has 0 saturated carbocycles. The molecule has 4 aromatic rings. The molecule has 1 fully saturated rings. The largest absolute Gasteiger partial charge is 0.378 e. The molecular weight excluding hydrogens is 530 g/mol. The molecule has 3 heterocycles. The number of hydrogen-bond acceptors (Lipinski definition) is 8. The Morgan fingerprint density at radius 1 is 0.795 bits per heavy atom. The van der Waals surface area contributed by atoms with Crippen molar-refractivity contribution in [3.8, 4) is 0 Å². The normalized spacial score (nSPS) is 13.3. The van der Waals surface area contributed by atoms with Crippen LogP contribution in [0.25, 0.3) is 21.8 Å². The number of nitrogens with zero attached hydrogens (tertiary/aromatic N) is 5. The zero-order chi connectivity index (χ0) is 28.3. The summed E-state index contributed by atoms with van der Waals surface area (Å²) in [4.78, 5) is 46.8. The van der Waals surface area contributed by atoms with Gasteiger partial charge < -0.3 is 18.8 Å². The van der Waals surface area contributed by atoms with Crippen LogP contribution in [0.2, 0.25) is 5.02 Å². The van der Waals surface area contributed by atoms with Crippen LogP contribution < -0.4 is 16.0 Å². The molecule has 2 aromatic heterocycles. The zero-order valence-electron chi connectivity index (χ0n) is 21.3. The third-order valence-corrected chi connectivity index (χ3v) is 6.84. The SMILES string of the molecule is CCn1c(=O)cc(Cl)c2cc([N+](=O)[O-])ccc21.CCn1c(=O)cc(N2CCOCC2)c2cc([N+](=O)[O-])ccc21. The van der Waals surface area contributed by atoms with Gasteiger partial charge in [0.2, 0.25) is 0 Å². The summed E-state index contributed by atoms with van der Waals surface area (Å²) in [5.41, 5.74) is 1.77. The molecule has 204 valence electrons. The summed E-state index contributed by atoms with van der Waals surface area (Å²) < 4.78 is 8.48. The molecule has 0 aliphatic carbocycles. The Bertz CT molecular complexity index is 1690. The topological polar surface area (TPSA) is 143 Å². The standard InChI is InChI=1S/C15H17N3O4.C11H9ClN2O3/c1-2-17-13-4-3-11(18(20)21)9-12(13)14(10-15(17)19)16-5-7-22-8-6-16;1-2-13-10-4-3-7(14(16)17)5-8(10)9(12)6-11(13)15/h3-4,9-10H,2,5-8H2,1H3;3-6H,2H2,1H3. The van der Waals surface area contributed by atoms with Gasteiger partial charge in [-0.3, -0.25) is 29.8 Å². The number of non-ortho nitro benzene ring substituents is 2. The fourth-order valence-corrected chi connectivity index (χ4v) is 4.88. The fraction of sp³-hybridized carbons (Fsp3) is 0.308. The Morgan fingerprint density at radius 2 is 1.28 bits per heavy atom. The smallest absolute Gasteiger partial charge is 0.270 e. The number of hydrogen-bond donors (Lipinski definition) is 0. The van der Waals surface area contributed by atoms with E-state index in [4.69, 9.17) is 16.3 Å². The van der Waals surface area contributed by atoms with Gasteiger partial charge in [0.15, 0.2) is 0 Å². The van der Waals surface area contributed by atoms with Crippen LogP contribution in [0.1, 0.15) is 13.8 Å². The van der Waals surface area contributed by atoms with Crippen molar-refractivity contribution in [2.45, 2.75) is 26.9 Å². The monoisotopic (exact) mass is 555 g/mol. The Morgan fingerprint density at radius 3 is 1.79 bits per heavy atom. The quantitative estimate of drug-likeness (QED) is 0.261. The average molecular weight is 556 g/mol. The molecule has 0 atom stereocenters. The maximum absolute atomic E-state index is 12.3. The third kappa shape index (κ3) is 5.61. The van der Waals surface area contributed by atoms with E-state index in [0.717, 1.165) is 16.6 Å². The second-order valence-electron chi connectivity index (χ2n) is 8.70. The Hall–Kier alpha value is -4.29. The van der Waals surface area contributed by atoms with Gasteiger partial charge >= 0.3 is 0 Å². The molecule has 12 nitrogen and oxygen atoms in total. The number of aryl methyl sites for hydroxylation is 2. The minimum absolute atomic E-state index is 0.0308. The van der Waals surface area contributed by atoms with Crippen LogP contribution in [0, 0.1) is 20.2 Å². The van der Waals surface area contributed by atoms with Crippen LogP contribution in [-0.2, 0) is 17.8 Å². The molecule has 1 saturated heterocycles. The minimum Gasteiger partial charge on any atom is -0.378 e. The number of ether oxygens (including phenoxy) is 1. The molecule has 2 aromatic carbocycles. The van der Waals surface area contributed by atoms with Crippen molar-refractivity contribution in [1.82, 2.24) is 9.13 Å². The van der Waals surface area contributed by atoms with Gasteiger partial charge in [-0.15, -0.1) is 0 Å². The van der Waals surface area contributed by atoms with E-state index in [1.165, 1.54) is 28.8 Å². The first-order chi connectivity index (χ1) is 18.7. The molecule has 39 heavy (non-hydrogen) atoms. The van der Waals surface area contributed by atoms with Crippen molar-refractivity contribution < 1.29 is 14.6 Å². The highest BCUT2D eigenvalue weighted by atomic mass is 35.5. The molecule has 5 rings (SSSR count). The van der Waals surface area contributed by atoms with E-state index in [1.807, 2.05) is 13.8 Å². The van der Waals surface area contributed by atoms with Crippen molar-refractivity contribution in [1.29, 1.82) is 0 Å². The van der Waals surface area contributed by atoms with E-state index in [9.17, 15) is 29.8 Å². The highest BCUT2D eigenvalue weighted by Crippen LogP contribution is 2.29. The van der Waals surface area contributed by atoms with Crippen LogP contribution in [0.3, 0.4) is 0 Å². The second-order valence-corrected chi connectivity index (χ2v) is 9.11. The molecule has 0 bridgehead atoms. The number of pyridine rings is 2. The van der Waals surface area contributed by atoms with Gasteiger partial charge in [-0.05, 0) is 26.0 Å². The summed E-state index contributed by atoms with van der Waals surface area (Å²) >= 11 is 5.93. The number of nitro groups is 2. The second kappa shape index (κ2) is 11.6. The van der Waals surface area contributed by atoms with Gasteiger partial charge in [0.25, 0.3) is 22.5 Å². The number of fused-ring (bicyclic) bond motifs is 2. The molecule has 0 N–H and O–H groups in total. The summed E-state index contributed by atoms with van der Waals surface area (Å²) in [6.45, 7) is 7.26. The van der Waals surface area contributed by atoms with Gasteiger partial charge in [-0.1, -0.05) is 11.6 Å². The predicted molar refractivity (Wildman–Crippen MR) is 149 cm³/mol. The molecular formula is C26H26ClN5O7. The van der Waals surface area contributed by atoms with Gasteiger partial charge in [-0.2, -0.15) is 0 Å². The first-order valence-corrected chi connectivity index (χ1v) is 12.7. The lowest BCUT2D eigenvalue weighted by molar-refractivity contribution is -0.384. The summed E-state index contributed by atoms with van der Waals surface area (Å²) in [6, 6.07) is 11.8. The van der Waals surface area contributed by atoms with Crippen molar-refractivity contribution in [2.75, 3.05) is 31.2 Å². The van der Waals surface area contributed by atoms with E-state index < -0.39 is 9.85 Å². The maximum Gasteiger partial charge on any atom is 0.270 e. The van der Waals surface area contributed by atoms with Crippen LogP contribution >= 0.6 is 11.6 Å². The molecule has 0 radical (unpaired) electrons. The number of aromatic nitrogens is 2. The lowest BCUT2D eigenvalue weighted by Crippen LogP contribution is -2.37. The van der Waals surface area contributed by atoms with E-state index in [-0.39, 0.29) is 27.5 Å². The lowest BCUT2D eigenvalue weighted by Gasteiger charge is -2.30. The predicted octanol–water partition coefficient (Wildman–Crippen LogP) is 4.35. The average Bonchev–Trinajstić information content (AvgIpc) is 2.93. The first-order valence-electron chi connectivity index (χ1n) is 12.3. The minimum atomic E-state index is -0.489. The van der Waals surface area contributed by atoms with Crippen LogP contribution in [-0.4, -0.2) is 45.3 Å². The number of rotatable bonds is 5. The Labute approximate surface area is 226 Å². The number of morpholine rings is 1. The van der Waals surface area contributed by atoms with E-state index in [1.54, 1.807) is 28.8 Å². The van der Waals surface area contributed by atoms with Gasteiger partial charge in [0, 0.05) is 73.3 Å². The number of halogens is 1. The number of benzene rings is 2. The van der Waals surface area contributed by atoms with Crippen LogP contribution in [0.5, 0.6) is 0 Å². The highest BCUT2D eigenvalue weighted by molar-refractivity contribution is 6.35. The third-order valence-electron chi connectivity index (χ3n) is 6.52. The maximum atomic E-state index is 12.3. The van der Waals surface area contributed by atoms with E-state index in [0.29, 0.717) is 50.3 Å². The lowest BCUT2D eigenvalue weighted by atomic mass is 10.1. The molecule has 0 unspecified atom stereocenters.